The molecule has 2 heterocycles. The Balaban J connectivity index is 2.06. The molecule has 0 bridgehead atoms. The van der Waals surface area contributed by atoms with Crippen molar-refractivity contribution < 1.29 is 9.50 Å². The van der Waals surface area contributed by atoms with Gasteiger partial charge in [-0.25, -0.2) is 9.37 Å². The van der Waals surface area contributed by atoms with Crippen molar-refractivity contribution in [2.75, 3.05) is 24.2 Å². The summed E-state index contributed by atoms with van der Waals surface area (Å²) in [7, 11) is 0. The van der Waals surface area contributed by atoms with Crippen LogP contribution < -0.4 is 4.90 Å². The number of pyridine rings is 1. The lowest BCUT2D eigenvalue weighted by Crippen LogP contribution is -2.45. The van der Waals surface area contributed by atoms with Crippen molar-refractivity contribution >= 4 is 17.4 Å². The fourth-order valence-corrected chi connectivity index (χ4v) is 2.18. The lowest BCUT2D eigenvalue weighted by Gasteiger charge is -2.33. The summed E-state index contributed by atoms with van der Waals surface area (Å²) >= 11 is 1.59. The van der Waals surface area contributed by atoms with Crippen LogP contribution in [0.15, 0.2) is 23.4 Å². The Labute approximate surface area is 98.7 Å². The number of nitrogens with zero attached hydrogens (tertiary/aromatic N) is 2. The monoisotopic (exact) mass is 242 g/mol. The van der Waals surface area contributed by atoms with E-state index in [0.717, 1.165) is 10.7 Å². The molecule has 0 aliphatic carbocycles. The van der Waals surface area contributed by atoms with Crippen molar-refractivity contribution in [2.24, 2.45) is 0 Å². The maximum absolute atomic E-state index is 13.1. The first-order valence-corrected chi connectivity index (χ1v) is 6.50. The van der Waals surface area contributed by atoms with Crippen molar-refractivity contribution in [3.63, 3.8) is 0 Å². The van der Waals surface area contributed by atoms with Crippen LogP contribution in [0.25, 0.3) is 0 Å². The van der Waals surface area contributed by atoms with Crippen LogP contribution in [0.3, 0.4) is 0 Å². The number of rotatable bonds is 2. The highest BCUT2D eigenvalue weighted by atomic mass is 32.2. The predicted octanol–water partition coefficient (Wildman–Crippen LogP) is 1.71. The van der Waals surface area contributed by atoms with Gasteiger partial charge in [-0.1, -0.05) is 0 Å². The smallest absolute Gasteiger partial charge is 0.129 e. The molecule has 1 aliphatic rings. The number of β-amino-alcohol motifs (C(OH)–C–C–N with tert-alkyl or cyclic N) is 1. The number of aliphatic hydroxyl groups is 1. The highest BCUT2D eigenvalue weighted by molar-refractivity contribution is 7.98. The molecule has 0 radical (unpaired) electrons. The molecular weight excluding hydrogens is 227 g/mol. The van der Waals surface area contributed by atoms with Gasteiger partial charge in [-0.15, -0.1) is 11.8 Å². The number of anilines is 1. The van der Waals surface area contributed by atoms with Gasteiger partial charge >= 0.3 is 0 Å². The van der Waals surface area contributed by atoms with Gasteiger partial charge in [0.05, 0.1) is 16.9 Å². The number of piperidine rings is 1. The number of alkyl halides is 1. The van der Waals surface area contributed by atoms with Gasteiger partial charge in [0.1, 0.15) is 12.3 Å². The van der Waals surface area contributed by atoms with Gasteiger partial charge in [0.25, 0.3) is 0 Å². The van der Waals surface area contributed by atoms with Crippen molar-refractivity contribution in [3.8, 4) is 0 Å². The van der Waals surface area contributed by atoms with Crippen LogP contribution in [0.4, 0.5) is 10.1 Å². The van der Waals surface area contributed by atoms with E-state index in [1.165, 1.54) is 0 Å². The number of hydrogen-bond acceptors (Lipinski definition) is 4. The highest BCUT2D eigenvalue weighted by Gasteiger charge is 2.27. The van der Waals surface area contributed by atoms with E-state index in [4.69, 9.17) is 0 Å². The molecule has 1 aromatic rings. The molecule has 1 aliphatic heterocycles. The fourth-order valence-electron chi connectivity index (χ4n) is 1.82. The third-order valence-electron chi connectivity index (χ3n) is 2.79. The number of aliphatic hydroxyl groups excluding tert-OH is 1. The molecule has 0 unspecified atom stereocenters. The van der Waals surface area contributed by atoms with Crippen LogP contribution in [0.5, 0.6) is 0 Å². The largest absolute Gasteiger partial charge is 0.388 e. The lowest BCUT2D eigenvalue weighted by molar-refractivity contribution is 0.0645. The quantitative estimate of drug-likeness (QED) is 0.801. The van der Waals surface area contributed by atoms with Crippen LogP contribution in [-0.2, 0) is 0 Å². The molecule has 2 rings (SSSR count). The maximum Gasteiger partial charge on any atom is 0.129 e. The van der Waals surface area contributed by atoms with Crippen molar-refractivity contribution in [1.82, 2.24) is 4.98 Å². The highest BCUT2D eigenvalue weighted by Crippen LogP contribution is 2.22. The second-order valence-electron chi connectivity index (χ2n) is 3.88. The van der Waals surface area contributed by atoms with Gasteiger partial charge in [-0.3, -0.25) is 0 Å². The second kappa shape index (κ2) is 5.01. The minimum atomic E-state index is -1.09. The SMILES string of the molecule is CSc1ccc(N2CC[C@H](F)[C@@H](O)C2)cn1. The standard InChI is InChI=1S/C11H15FN2OS/c1-16-11-3-2-8(6-13-11)14-5-4-9(12)10(15)7-14/h2-3,6,9-10,15H,4-5,7H2,1H3/t9-,10-/m0/s1. The Morgan fingerprint density at radius 3 is 2.94 bits per heavy atom. The zero-order valence-electron chi connectivity index (χ0n) is 9.14. The molecule has 3 nitrogen and oxygen atoms in total. The van der Waals surface area contributed by atoms with E-state index in [1.54, 1.807) is 18.0 Å². The Morgan fingerprint density at radius 2 is 2.38 bits per heavy atom. The van der Waals surface area contributed by atoms with Crippen molar-refractivity contribution in [1.29, 1.82) is 0 Å². The first-order chi connectivity index (χ1) is 7.70. The summed E-state index contributed by atoms with van der Waals surface area (Å²) in [6.45, 7) is 0.986. The van der Waals surface area contributed by atoms with E-state index in [2.05, 4.69) is 4.98 Å². The normalized spacial score (nSPS) is 25.8. The average Bonchev–Trinajstić information content (AvgIpc) is 2.33. The van der Waals surface area contributed by atoms with E-state index in [1.807, 2.05) is 23.3 Å². The molecule has 0 spiro atoms. The van der Waals surface area contributed by atoms with Crippen LogP contribution in [0.2, 0.25) is 0 Å². The first kappa shape index (κ1) is 11.7. The van der Waals surface area contributed by atoms with E-state index in [-0.39, 0.29) is 0 Å². The minimum Gasteiger partial charge on any atom is -0.388 e. The predicted molar refractivity (Wildman–Crippen MR) is 63.8 cm³/mol. The van der Waals surface area contributed by atoms with Gasteiger partial charge < -0.3 is 10.0 Å². The molecule has 1 aromatic heterocycles. The zero-order chi connectivity index (χ0) is 11.5. The van der Waals surface area contributed by atoms with E-state index in [9.17, 15) is 9.50 Å². The molecule has 0 amide bonds. The van der Waals surface area contributed by atoms with E-state index in [0.29, 0.717) is 19.5 Å². The summed E-state index contributed by atoms with van der Waals surface area (Å²) in [5.74, 6) is 0. The molecule has 2 atom stereocenters. The van der Waals surface area contributed by atoms with Gasteiger partial charge in [0.15, 0.2) is 0 Å². The molecular formula is C11H15FN2OS. The van der Waals surface area contributed by atoms with Gasteiger partial charge in [0.2, 0.25) is 0 Å². The molecule has 1 saturated heterocycles. The Hall–Kier alpha value is -0.810. The van der Waals surface area contributed by atoms with Gasteiger partial charge in [-0.05, 0) is 24.8 Å². The van der Waals surface area contributed by atoms with Gasteiger partial charge in [0, 0.05) is 13.1 Å². The van der Waals surface area contributed by atoms with Crippen LogP contribution in [0.1, 0.15) is 6.42 Å². The van der Waals surface area contributed by atoms with E-state index < -0.39 is 12.3 Å². The summed E-state index contributed by atoms with van der Waals surface area (Å²) in [5.41, 5.74) is 0.948. The van der Waals surface area contributed by atoms with Crippen LogP contribution in [0, 0.1) is 0 Å². The molecule has 16 heavy (non-hydrogen) atoms. The third kappa shape index (κ3) is 2.47. The lowest BCUT2D eigenvalue weighted by atomic mass is 10.1. The minimum absolute atomic E-state index is 0.349. The van der Waals surface area contributed by atoms with Crippen LogP contribution >= 0.6 is 11.8 Å². The Bertz CT molecular complexity index is 346. The topological polar surface area (TPSA) is 36.4 Å². The number of halogens is 1. The molecule has 1 N–H and O–H groups in total. The zero-order valence-corrected chi connectivity index (χ0v) is 9.95. The summed E-state index contributed by atoms with van der Waals surface area (Å²) < 4.78 is 13.1. The molecule has 5 heteroatoms. The Morgan fingerprint density at radius 1 is 1.56 bits per heavy atom. The average molecular weight is 242 g/mol. The number of hydrogen-bond donors (Lipinski definition) is 1. The second-order valence-corrected chi connectivity index (χ2v) is 4.70. The van der Waals surface area contributed by atoms with Gasteiger partial charge in [-0.2, -0.15) is 0 Å². The van der Waals surface area contributed by atoms with E-state index >= 15 is 0 Å². The number of aromatic nitrogens is 1. The van der Waals surface area contributed by atoms with Crippen LogP contribution in [-0.4, -0.2) is 41.7 Å². The summed E-state index contributed by atoms with van der Waals surface area (Å²) in [4.78, 5) is 6.23. The van der Waals surface area contributed by atoms with Crippen molar-refractivity contribution in [2.45, 2.75) is 23.7 Å². The van der Waals surface area contributed by atoms with Crippen molar-refractivity contribution in [3.05, 3.63) is 18.3 Å². The Kier molecular flexibility index (Phi) is 3.66. The molecule has 0 saturated carbocycles. The first-order valence-electron chi connectivity index (χ1n) is 5.28. The summed E-state index contributed by atoms with van der Waals surface area (Å²) in [6.07, 6.45) is 2.16. The fraction of sp³-hybridized carbons (Fsp3) is 0.545. The summed E-state index contributed by atoms with van der Waals surface area (Å²) in [6, 6.07) is 3.90. The molecule has 88 valence electrons. The summed E-state index contributed by atoms with van der Waals surface area (Å²) in [5, 5.41) is 10.4. The third-order valence-corrected chi connectivity index (χ3v) is 3.45. The maximum atomic E-state index is 13.1. The molecule has 0 aromatic carbocycles. The molecule has 1 fully saturated rings. The number of thioether (sulfide) groups is 1.